The highest BCUT2D eigenvalue weighted by molar-refractivity contribution is 6.01. The van der Waals surface area contributed by atoms with Gasteiger partial charge in [-0.05, 0) is 38.1 Å². The molecule has 4 aromatic rings. The maximum absolute atomic E-state index is 15.1. The predicted octanol–water partition coefficient (Wildman–Crippen LogP) is 4.09. The highest BCUT2D eigenvalue weighted by Crippen LogP contribution is 2.30. The fourth-order valence-corrected chi connectivity index (χ4v) is 4.49. The van der Waals surface area contributed by atoms with E-state index in [0.717, 1.165) is 13.1 Å². The molecule has 0 bridgehead atoms. The smallest absolute Gasteiger partial charge is 0.323 e. The Morgan fingerprint density at radius 2 is 1.92 bits per heavy atom. The molecule has 39 heavy (non-hydrogen) atoms. The summed E-state index contributed by atoms with van der Waals surface area (Å²) in [6.07, 6.45) is 1.70. The molecule has 2 N–H and O–H groups in total. The van der Waals surface area contributed by atoms with Crippen molar-refractivity contribution in [1.82, 2.24) is 24.8 Å². The molecule has 2 aromatic heterocycles. The van der Waals surface area contributed by atoms with Crippen LogP contribution in [0.5, 0.6) is 0 Å². The number of nitrogens with zero attached hydrogens (tertiary/aromatic N) is 6. The van der Waals surface area contributed by atoms with Gasteiger partial charge in [0, 0.05) is 49.7 Å². The van der Waals surface area contributed by atoms with E-state index in [9.17, 15) is 9.59 Å². The second kappa shape index (κ2) is 11.1. The van der Waals surface area contributed by atoms with E-state index in [0.29, 0.717) is 59.2 Å². The number of urea groups is 1. The van der Waals surface area contributed by atoms with Crippen molar-refractivity contribution in [3.05, 3.63) is 60.0 Å². The SMILES string of the molecule is CCN(c1ncc2c(-c3ccc(NC(=O)Nc4cccc(C(C)=O)c4)c(F)c3)nn(C)c2n1)N1CCOCC1. The number of nitrogens with one attached hydrogen (secondary N) is 2. The molecular weight excluding hydrogens is 503 g/mol. The van der Waals surface area contributed by atoms with Crippen molar-refractivity contribution in [2.45, 2.75) is 13.8 Å². The summed E-state index contributed by atoms with van der Waals surface area (Å²) in [4.78, 5) is 33.4. The Morgan fingerprint density at radius 3 is 2.64 bits per heavy atom. The van der Waals surface area contributed by atoms with Gasteiger partial charge < -0.3 is 15.4 Å². The third kappa shape index (κ3) is 5.56. The summed E-state index contributed by atoms with van der Waals surface area (Å²) in [6.45, 7) is 7.00. The number of fused-ring (bicyclic) bond motifs is 1. The van der Waals surface area contributed by atoms with Crippen LogP contribution in [0, 0.1) is 5.82 Å². The number of carbonyl (C=O) groups is 2. The van der Waals surface area contributed by atoms with Crippen molar-refractivity contribution < 1.29 is 18.7 Å². The lowest BCUT2D eigenvalue weighted by molar-refractivity contribution is 0.0314. The van der Waals surface area contributed by atoms with Gasteiger partial charge in [0.25, 0.3) is 0 Å². The quantitative estimate of drug-likeness (QED) is 0.342. The number of carbonyl (C=O) groups excluding carboxylic acids is 2. The Morgan fingerprint density at radius 1 is 1.13 bits per heavy atom. The largest absolute Gasteiger partial charge is 0.379 e. The van der Waals surface area contributed by atoms with Crippen LogP contribution in [0.4, 0.5) is 26.5 Å². The summed E-state index contributed by atoms with van der Waals surface area (Å²) in [5, 5.41) is 14.6. The zero-order valence-electron chi connectivity index (χ0n) is 21.9. The number of halogens is 1. The van der Waals surface area contributed by atoms with Crippen LogP contribution in [-0.2, 0) is 11.8 Å². The summed E-state index contributed by atoms with van der Waals surface area (Å²) in [5.41, 5.74) is 2.56. The topological polar surface area (TPSA) is 118 Å². The first kappa shape index (κ1) is 26.2. The molecule has 1 saturated heterocycles. The molecule has 12 heteroatoms. The van der Waals surface area contributed by atoms with Crippen molar-refractivity contribution in [2.24, 2.45) is 7.05 Å². The number of amides is 2. The van der Waals surface area contributed by atoms with E-state index in [1.165, 1.54) is 19.1 Å². The number of Topliss-reactive ketones (excluding diaryl/α,β-unsaturated/α-hetero) is 1. The van der Waals surface area contributed by atoms with Crippen LogP contribution < -0.4 is 15.6 Å². The van der Waals surface area contributed by atoms with Crippen LogP contribution in [-0.4, -0.2) is 69.4 Å². The number of ether oxygens (including phenoxy) is 1. The van der Waals surface area contributed by atoms with Gasteiger partial charge in [0.2, 0.25) is 5.95 Å². The van der Waals surface area contributed by atoms with Crippen LogP contribution in [0.2, 0.25) is 0 Å². The van der Waals surface area contributed by atoms with Gasteiger partial charge in [-0.1, -0.05) is 18.2 Å². The number of morpholine rings is 1. The molecule has 1 aliphatic heterocycles. The molecule has 202 valence electrons. The highest BCUT2D eigenvalue weighted by Gasteiger charge is 2.22. The molecule has 2 aromatic carbocycles. The van der Waals surface area contributed by atoms with Gasteiger partial charge in [-0.3, -0.25) is 9.80 Å². The molecule has 5 rings (SSSR count). The number of ketones is 1. The molecular formula is C27H29FN8O3. The number of hydrogen-bond acceptors (Lipinski definition) is 8. The van der Waals surface area contributed by atoms with Gasteiger partial charge in [0.05, 0.1) is 24.3 Å². The van der Waals surface area contributed by atoms with E-state index in [1.54, 1.807) is 48.3 Å². The number of rotatable bonds is 7. The minimum atomic E-state index is -0.632. The Balaban J connectivity index is 1.35. The highest BCUT2D eigenvalue weighted by atomic mass is 19.1. The standard InChI is InChI=1S/C27H29FN8O3/c1-4-36(35-10-12-39-13-11-35)26-29-16-21-24(33-34(3)25(21)32-26)19-8-9-23(22(28)15-19)31-27(38)30-20-7-5-6-18(14-20)17(2)37/h5-9,14-16H,4,10-13H2,1-3H3,(H2,30,31,38). The van der Waals surface area contributed by atoms with Gasteiger partial charge in [0.1, 0.15) is 11.5 Å². The zero-order chi connectivity index (χ0) is 27.5. The van der Waals surface area contributed by atoms with E-state index in [4.69, 9.17) is 9.72 Å². The molecule has 2 amide bonds. The summed E-state index contributed by atoms with van der Waals surface area (Å²) < 4.78 is 22.2. The van der Waals surface area contributed by atoms with Gasteiger partial charge in [-0.2, -0.15) is 10.1 Å². The number of benzene rings is 2. The van der Waals surface area contributed by atoms with E-state index < -0.39 is 11.8 Å². The Hall–Kier alpha value is -4.42. The second-order valence-electron chi connectivity index (χ2n) is 9.07. The summed E-state index contributed by atoms with van der Waals surface area (Å²) in [7, 11) is 1.78. The Kier molecular flexibility index (Phi) is 7.48. The molecule has 0 radical (unpaired) electrons. The van der Waals surface area contributed by atoms with Crippen molar-refractivity contribution in [2.75, 3.05) is 48.5 Å². The van der Waals surface area contributed by atoms with Crippen molar-refractivity contribution in [3.8, 4) is 11.3 Å². The van der Waals surface area contributed by atoms with Gasteiger partial charge in [-0.25, -0.2) is 23.9 Å². The number of hydrazine groups is 1. The van der Waals surface area contributed by atoms with E-state index in [1.807, 2.05) is 11.9 Å². The zero-order valence-corrected chi connectivity index (χ0v) is 21.9. The fraction of sp³-hybridized carbons (Fsp3) is 0.296. The van der Waals surface area contributed by atoms with Gasteiger partial charge >= 0.3 is 6.03 Å². The average molecular weight is 533 g/mol. The summed E-state index contributed by atoms with van der Waals surface area (Å²) in [5.74, 6) is -0.183. The maximum Gasteiger partial charge on any atom is 0.323 e. The van der Waals surface area contributed by atoms with E-state index in [-0.39, 0.29) is 11.5 Å². The molecule has 0 atom stereocenters. The van der Waals surface area contributed by atoms with E-state index >= 15 is 4.39 Å². The molecule has 3 heterocycles. The van der Waals surface area contributed by atoms with Crippen molar-refractivity contribution >= 4 is 40.2 Å². The van der Waals surface area contributed by atoms with Crippen LogP contribution in [0.25, 0.3) is 22.3 Å². The minimum absolute atomic E-state index is 0.00171. The molecule has 0 saturated carbocycles. The minimum Gasteiger partial charge on any atom is -0.379 e. The second-order valence-corrected chi connectivity index (χ2v) is 9.07. The average Bonchev–Trinajstić information content (AvgIpc) is 3.26. The normalized spacial score (nSPS) is 13.8. The first-order valence-electron chi connectivity index (χ1n) is 12.6. The predicted molar refractivity (Wildman–Crippen MR) is 146 cm³/mol. The van der Waals surface area contributed by atoms with Crippen LogP contribution in [0.3, 0.4) is 0 Å². The van der Waals surface area contributed by atoms with Crippen LogP contribution in [0.1, 0.15) is 24.2 Å². The molecule has 11 nitrogen and oxygen atoms in total. The first-order chi connectivity index (χ1) is 18.8. The van der Waals surface area contributed by atoms with Gasteiger partial charge in [-0.15, -0.1) is 0 Å². The third-order valence-corrected chi connectivity index (χ3v) is 6.44. The maximum atomic E-state index is 15.1. The lowest BCUT2D eigenvalue weighted by atomic mass is 10.1. The number of anilines is 3. The number of aromatic nitrogens is 4. The third-order valence-electron chi connectivity index (χ3n) is 6.44. The van der Waals surface area contributed by atoms with Crippen LogP contribution in [0.15, 0.2) is 48.7 Å². The fourth-order valence-electron chi connectivity index (χ4n) is 4.49. The van der Waals surface area contributed by atoms with Gasteiger partial charge in [0.15, 0.2) is 11.4 Å². The summed E-state index contributed by atoms with van der Waals surface area (Å²) in [6, 6.07) is 10.4. The molecule has 0 aliphatic carbocycles. The van der Waals surface area contributed by atoms with Crippen molar-refractivity contribution in [3.63, 3.8) is 0 Å². The van der Waals surface area contributed by atoms with Crippen molar-refractivity contribution in [1.29, 1.82) is 0 Å². The lowest BCUT2D eigenvalue weighted by Gasteiger charge is -2.36. The molecule has 0 unspecified atom stereocenters. The Bertz CT molecular complexity index is 1530. The number of hydrogen-bond donors (Lipinski definition) is 2. The molecule has 1 fully saturated rings. The summed E-state index contributed by atoms with van der Waals surface area (Å²) >= 11 is 0. The lowest BCUT2D eigenvalue weighted by Crippen LogP contribution is -2.49. The van der Waals surface area contributed by atoms with E-state index in [2.05, 4.69) is 25.7 Å². The number of aryl methyl sites for hydroxylation is 1. The molecule has 0 spiro atoms. The monoisotopic (exact) mass is 532 g/mol. The molecule has 1 aliphatic rings. The first-order valence-corrected chi connectivity index (χ1v) is 12.6. The Labute approximate surface area is 224 Å². The van der Waals surface area contributed by atoms with Crippen LogP contribution >= 0.6 is 0 Å².